The van der Waals surface area contributed by atoms with Crippen LogP contribution in [0.3, 0.4) is 0 Å². The smallest absolute Gasteiger partial charge is 0.253 e. The maximum atomic E-state index is 13.1. The van der Waals surface area contributed by atoms with E-state index in [1.807, 2.05) is 13.8 Å². The molecular weight excluding hydrogens is 193 g/mol. The van der Waals surface area contributed by atoms with Crippen molar-refractivity contribution in [2.75, 3.05) is 13.1 Å². The van der Waals surface area contributed by atoms with Gasteiger partial charge in [0.25, 0.3) is 5.91 Å². The highest BCUT2D eigenvalue weighted by molar-refractivity contribution is 5.94. The zero-order valence-electron chi connectivity index (χ0n) is 9.38. The molecule has 0 fully saturated rings. The van der Waals surface area contributed by atoms with Crippen molar-refractivity contribution in [2.45, 2.75) is 20.8 Å². The fourth-order valence-corrected chi connectivity index (χ4v) is 1.55. The van der Waals surface area contributed by atoms with Gasteiger partial charge in [0, 0.05) is 18.7 Å². The summed E-state index contributed by atoms with van der Waals surface area (Å²) < 4.78 is 13.1. The molecule has 1 aromatic rings. The Morgan fingerprint density at radius 2 is 1.87 bits per heavy atom. The summed E-state index contributed by atoms with van der Waals surface area (Å²) in [5, 5.41) is 0. The van der Waals surface area contributed by atoms with Crippen LogP contribution in [-0.4, -0.2) is 23.9 Å². The molecule has 1 aromatic carbocycles. The number of benzene rings is 1. The number of carbonyl (C=O) groups is 1. The Balaban J connectivity index is 3.00. The van der Waals surface area contributed by atoms with Crippen LogP contribution in [0.2, 0.25) is 0 Å². The highest BCUT2D eigenvalue weighted by Crippen LogP contribution is 2.10. The summed E-state index contributed by atoms with van der Waals surface area (Å²) in [5.74, 6) is -0.465. The Bertz CT molecular complexity index is 338. The molecule has 0 saturated heterocycles. The molecule has 1 rings (SSSR count). The van der Waals surface area contributed by atoms with E-state index in [-0.39, 0.29) is 11.7 Å². The van der Waals surface area contributed by atoms with E-state index in [9.17, 15) is 9.18 Å². The van der Waals surface area contributed by atoms with Crippen molar-refractivity contribution in [3.63, 3.8) is 0 Å². The largest absolute Gasteiger partial charge is 0.339 e. The maximum Gasteiger partial charge on any atom is 0.253 e. The highest BCUT2D eigenvalue weighted by atomic mass is 19.1. The van der Waals surface area contributed by atoms with Gasteiger partial charge in [-0.25, -0.2) is 4.39 Å². The molecule has 0 radical (unpaired) electrons. The van der Waals surface area contributed by atoms with Crippen molar-refractivity contribution in [3.8, 4) is 0 Å². The standard InChI is InChI=1S/C12H16FNO/c1-4-14(5-2)12(15)10-6-9(3)7-11(13)8-10/h6-8H,4-5H2,1-3H3. The molecule has 0 atom stereocenters. The summed E-state index contributed by atoms with van der Waals surface area (Å²) >= 11 is 0. The summed E-state index contributed by atoms with van der Waals surface area (Å²) in [5.41, 5.74) is 1.20. The number of hydrogen-bond acceptors (Lipinski definition) is 1. The minimum absolute atomic E-state index is 0.109. The molecular formula is C12H16FNO. The number of hydrogen-bond donors (Lipinski definition) is 0. The maximum absolute atomic E-state index is 13.1. The van der Waals surface area contributed by atoms with Gasteiger partial charge in [-0.05, 0) is 44.5 Å². The predicted molar refractivity (Wildman–Crippen MR) is 58.4 cm³/mol. The van der Waals surface area contributed by atoms with Crippen LogP contribution in [0, 0.1) is 12.7 Å². The molecule has 0 spiro atoms. The van der Waals surface area contributed by atoms with Crippen molar-refractivity contribution in [3.05, 3.63) is 35.1 Å². The van der Waals surface area contributed by atoms with E-state index in [1.165, 1.54) is 12.1 Å². The average Bonchev–Trinajstić information content (AvgIpc) is 2.18. The number of carbonyl (C=O) groups excluding carboxylic acids is 1. The van der Waals surface area contributed by atoms with Gasteiger partial charge in [-0.2, -0.15) is 0 Å². The van der Waals surface area contributed by atoms with E-state index in [0.29, 0.717) is 18.7 Å². The molecule has 0 aliphatic carbocycles. The van der Waals surface area contributed by atoms with Crippen LogP contribution in [0.5, 0.6) is 0 Å². The van der Waals surface area contributed by atoms with Crippen molar-refractivity contribution in [1.82, 2.24) is 4.90 Å². The number of aryl methyl sites for hydroxylation is 1. The number of amides is 1. The quantitative estimate of drug-likeness (QED) is 0.749. The van der Waals surface area contributed by atoms with Gasteiger partial charge in [0.15, 0.2) is 0 Å². The van der Waals surface area contributed by atoms with Gasteiger partial charge < -0.3 is 4.90 Å². The lowest BCUT2D eigenvalue weighted by atomic mass is 10.1. The molecule has 0 heterocycles. The van der Waals surface area contributed by atoms with E-state index < -0.39 is 0 Å². The van der Waals surface area contributed by atoms with Crippen LogP contribution in [0.1, 0.15) is 29.8 Å². The van der Waals surface area contributed by atoms with Crippen molar-refractivity contribution in [2.24, 2.45) is 0 Å². The second kappa shape index (κ2) is 4.91. The average molecular weight is 209 g/mol. The monoisotopic (exact) mass is 209 g/mol. The van der Waals surface area contributed by atoms with Crippen molar-refractivity contribution < 1.29 is 9.18 Å². The third kappa shape index (κ3) is 2.78. The normalized spacial score (nSPS) is 10.1. The van der Waals surface area contributed by atoms with Gasteiger partial charge in [0.1, 0.15) is 5.82 Å². The molecule has 1 amide bonds. The van der Waals surface area contributed by atoms with Gasteiger partial charge in [0.2, 0.25) is 0 Å². The Morgan fingerprint density at radius 3 is 2.33 bits per heavy atom. The Kier molecular flexibility index (Phi) is 3.83. The molecule has 0 aliphatic heterocycles. The first kappa shape index (κ1) is 11.7. The topological polar surface area (TPSA) is 20.3 Å². The number of rotatable bonds is 3. The van der Waals surface area contributed by atoms with Crippen molar-refractivity contribution in [1.29, 1.82) is 0 Å². The Hall–Kier alpha value is -1.38. The summed E-state index contributed by atoms with van der Waals surface area (Å²) in [6.07, 6.45) is 0. The summed E-state index contributed by atoms with van der Waals surface area (Å²) in [7, 11) is 0. The van der Waals surface area contributed by atoms with Gasteiger partial charge in [-0.1, -0.05) is 0 Å². The molecule has 0 bridgehead atoms. The molecule has 15 heavy (non-hydrogen) atoms. The van der Waals surface area contributed by atoms with Gasteiger partial charge in [-0.15, -0.1) is 0 Å². The SMILES string of the molecule is CCN(CC)C(=O)c1cc(C)cc(F)c1. The van der Waals surface area contributed by atoms with Crippen LogP contribution in [0.15, 0.2) is 18.2 Å². The molecule has 82 valence electrons. The zero-order chi connectivity index (χ0) is 11.4. The molecule has 0 unspecified atom stereocenters. The van der Waals surface area contributed by atoms with Gasteiger partial charge >= 0.3 is 0 Å². The molecule has 0 saturated carbocycles. The first-order valence-electron chi connectivity index (χ1n) is 5.15. The second-order valence-corrected chi connectivity index (χ2v) is 3.49. The van der Waals surface area contributed by atoms with Crippen molar-refractivity contribution >= 4 is 5.91 Å². The predicted octanol–water partition coefficient (Wildman–Crippen LogP) is 2.62. The fourth-order valence-electron chi connectivity index (χ4n) is 1.55. The Labute approximate surface area is 89.7 Å². The molecule has 0 N–H and O–H groups in total. The van der Waals surface area contributed by atoms with E-state index in [2.05, 4.69) is 0 Å². The summed E-state index contributed by atoms with van der Waals surface area (Å²) in [4.78, 5) is 13.5. The fraction of sp³-hybridized carbons (Fsp3) is 0.417. The Morgan fingerprint density at radius 1 is 1.27 bits per heavy atom. The zero-order valence-corrected chi connectivity index (χ0v) is 9.38. The molecule has 2 nitrogen and oxygen atoms in total. The highest BCUT2D eigenvalue weighted by Gasteiger charge is 2.13. The van der Waals surface area contributed by atoms with Crippen LogP contribution in [0.4, 0.5) is 4.39 Å². The first-order chi connectivity index (χ1) is 7.08. The second-order valence-electron chi connectivity index (χ2n) is 3.49. The third-order valence-electron chi connectivity index (χ3n) is 2.34. The molecule has 3 heteroatoms. The summed E-state index contributed by atoms with van der Waals surface area (Å²) in [6, 6.07) is 4.41. The minimum Gasteiger partial charge on any atom is -0.339 e. The van der Waals surface area contributed by atoms with E-state index in [0.717, 1.165) is 5.56 Å². The van der Waals surface area contributed by atoms with Crippen LogP contribution in [0.25, 0.3) is 0 Å². The summed E-state index contributed by atoms with van der Waals surface area (Å²) in [6.45, 7) is 6.89. The van der Waals surface area contributed by atoms with Gasteiger partial charge in [0.05, 0.1) is 0 Å². The molecule has 0 aromatic heterocycles. The first-order valence-corrected chi connectivity index (χ1v) is 5.15. The lowest BCUT2D eigenvalue weighted by Gasteiger charge is -2.18. The number of nitrogens with zero attached hydrogens (tertiary/aromatic N) is 1. The lowest BCUT2D eigenvalue weighted by Crippen LogP contribution is -2.30. The van der Waals surface area contributed by atoms with E-state index in [1.54, 1.807) is 17.9 Å². The van der Waals surface area contributed by atoms with Crippen LogP contribution >= 0.6 is 0 Å². The van der Waals surface area contributed by atoms with Crippen LogP contribution < -0.4 is 0 Å². The van der Waals surface area contributed by atoms with Gasteiger partial charge in [-0.3, -0.25) is 4.79 Å². The third-order valence-corrected chi connectivity index (χ3v) is 2.34. The lowest BCUT2D eigenvalue weighted by molar-refractivity contribution is 0.0772. The van der Waals surface area contributed by atoms with E-state index in [4.69, 9.17) is 0 Å². The van der Waals surface area contributed by atoms with E-state index >= 15 is 0 Å². The van der Waals surface area contributed by atoms with Crippen LogP contribution in [-0.2, 0) is 0 Å². The number of halogens is 1. The minimum atomic E-state index is -0.356. The molecule has 0 aliphatic rings.